The van der Waals surface area contributed by atoms with Crippen molar-refractivity contribution in [2.75, 3.05) is 24.6 Å². The maximum absolute atomic E-state index is 14.3. The first-order valence-corrected chi connectivity index (χ1v) is 11.3. The molecule has 1 aromatic carbocycles. The zero-order valence-corrected chi connectivity index (χ0v) is 18.2. The molecule has 0 radical (unpaired) electrons. The van der Waals surface area contributed by atoms with Crippen LogP contribution in [0.15, 0.2) is 18.2 Å². The molecule has 1 aromatic rings. The molecule has 3 heterocycles. The molecule has 2 amide bonds. The summed E-state index contributed by atoms with van der Waals surface area (Å²) in [6.07, 6.45) is 5.24. The fourth-order valence-electron chi connectivity index (χ4n) is 5.75. The minimum absolute atomic E-state index is 0.106. The molecule has 3 aliphatic heterocycles. The fraction of sp³-hybridized carbons (Fsp3) is 0.652. The SMILES string of the molecule is CCOC(=O)N1C2CCC1CC(N1CCC(N(C(C)=O)c3ccc(F)cc3F)CC1)C2. The van der Waals surface area contributed by atoms with Crippen molar-refractivity contribution < 1.29 is 23.1 Å². The highest BCUT2D eigenvalue weighted by Crippen LogP contribution is 2.39. The van der Waals surface area contributed by atoms with Crippen LogP contribution in [-0.2, 0) is 9.53 Å². The number of halogens is 2. The normalized spacial score (nSPS) is 26.7. The Morgan fingerprint density at radius 1 is 1.06 bits per heavy atom. The van der Waals surface area contributed by atoms with Gasteiger partial charge in [-0.25, -0.2) is 13.6 Å². The highest BCUT2D eigenvalue weighted by atomic mass is 19.1. The van der Waals surface area contributed by atoms with Crippen molar-refractivity contribution in [2.45, 2.75) is 76.5 Å². The van der Waals surface area contributed by atoms with Crippen molar-refractivity contribution in [1.29, 1.82) is 0 Å². The quantitative estimate of drug-likeness (QED) is 0.719. The van der Waals surface area contributed by atoms with Gasteiger partial charge in [-0.2, -0.15) is 0 Å². The molecule has 4 rings (SSSR count). The van der Waals surface area contributed by atoms with Crippen LogP contribution in [0.5, 0.6) is 0 Å². The summed E-state index contributed by atoms with van der Waals surface area (Å²) in [7, 11) is 0. The predicted octanol–water partition coefficient (Wildman–Crippen LogP) is 3.93. The van der Waals surface area contributed by atoms with Crippen molar-refractivity contribution in [2.24, 2.45) is 0 Å². The average Bonchev–Trinajstić information content (AvgIpc) is 3.00. The number of benzene rings is 1. The maximum atomic E-state index is 14.3. The molecule has 170 valence electrons. The Bertz CT molecular complexity index is 814. The van der Waals surface area contributed by atoms with Crippen LogP contribution in [-0.4, -0.2) is 65.7 Å². The predicted molar refractivity (Wildman–Crippen MR) is 113 cm³/mol. The van der Waals surface area contributed by atoms with E-state index in [-0.39, 0.29) is 35.8 Å². The first-order valence-electron chi connectivity index (χ1n) is 11.3. The second kappa shape index (κ2) is 9.10. The largest absolute Gasteiger partial charge is 0.450 e. The van der Waals surface area contributed by atoms with E-state index in [1.807, 2.05) is 11.8 Å². The molecule has 3 saturated heterocycles. The number of carbonyl (C=O) groups is 2. The molecule has 2 unspecified atom stereocenters. The third kappa shape index (κ3) is 4.40. The van der Waals surface area contributed by atoms with Crippen molar-refractivity contribution in [1.82, 2.24) is 9.80 Å². The zero-order valence-electron chi connectivity index (χ0n) is 18.2. The Morgan fingerprint density at radius 3 is 2.26 bits per heavy atom. The number of hydrogen-bond donors (Lipinski definition) is 0. The van der Waals surface area contributed by atoms with Gasteiger partial charge < -0.3 is 19.4 Å². The lowest BCUT2D eigenvalue weighted by Crippen LogP contribution is -2.55. The summed E-state index contributed by atoms with van der Waals surface area (Å²) in [5, 5.41) is 0. The summed E-state index contributed by atoms with van der Waals surface area (Å²) >= 11 is 0. The number of nitrogens with zero attached hydrogens (tertiary/aromatic N) is 3. The number of piperidine rings is 2. The highest BCUT2D eigenvalue weighted by Gasteiger charge is 2.46. The van der Waals surface area contributed by atoms with Crippen molar-refractivity contribution in [3.63, 3.8) is 0 Å². The first kappa shape index (κ1) is 22.0. The standard InChI is InChI=1S/C23H31F2N3O3/c1-3-31-23(30)28-18-5-6-19(28)14-20(13-18)26-10-8-17(9-11-26)27(15(2)29)22-7-4-16(24)12-21(22)25/h4,7,12,17-20H,3,5-6,8-11,13-14H2,1-2H3. The molecule has 0 aromatic heterocycles. The summed E-state index contributed by atoms with van der Waals surface area (Å²) in [6.45, 7) is 5.30. The van der Waals surface area contributed by atoms with Gasteiger partial charge in [0.1, 0.15) is 11.6 Å². The van der Waals surface area contributed by atoms with Crippen LogP contribution in [0.3, 0.4) is 0 Å². The molecule has 0 spiro atoms. The van der Waals surface area contributed by atoms with Crippen LogP contribution in [0, 0.1) is 11.6 Å². The van der Waals surface area contributed by atoms with Gasteiger partial charge in [0.15, 0.2) is 0 Å². The Balaban J connectivity index is 1.38. The molecule has 8 heteroatoms. The van der Waals surface area contributed by atoms with E-state index in [1.165, 1.54) is 24.0 Å². The molecule has 31 heavy (non-hydrogen) atoms. The molecular formula is C23H31F2N3O3. The smallest absolute Gasteiger partial charge is 0.410 e. The van der Waals surface area contributed by atoms with Crippen molar-refractivity contribution in [3.8, 4) is 0 Å². The fourth-order valence-corrected chi connectivity index (χ4v) is 5.75. The molecule has 3 fully saturated rings. The average molecular weight is 436 g/mol. The topological polar surface area (TPSA) is 53.1 Å². The molecule has 2 bridgehead atoms. The van der Waals surface area contributed by atoms with Crippen LogP contribution >= 0.6 is 0 Å². The number of hydrogen-bond acceptors (Lipinski definition) is 4. The molecule has 0 saturated carbocycles. The number of rotatable bonds is 4. The summed E-state index contributed by atoms with van der Waals surface area (Å²) in [5.74, 6) is -1.59. The molecule has 2 atom stereocenters. The summed E-state index contributed by atoms with van der Waals surface area (Å²) in [4.78, 5) is 30.5. The molecule has 3 aliphatic rings. The second-order valence-corrected chi connectivity index (χ2v) is 8.87. The lowest BCUT2D eigenvalue weighted by Gasteiger charge is -2.46. The van der Waals surface area contributed by atoms with Gasteiger partial charge in [-0.05, 0) is 57.6 Å². The lowest BCUT2D eigenvalue weighted by molar-refractivity contribution is -0.117. The van der Waals surface area contributed by atoms with Gasteiger partial charge in [-0.15, -0.1) is 0 Å². The monoisotopic (exact) mass is 435 g/mol. The van der Waals surface area contributed by atoms with E-state index >= 15 is 0 Å². The van der Waals surface area contributed by atoms with E-state index in [0.29, 0.717) is 12.6 Å². The van der Waals surface area contributed by atoms with Gasteiger partial charge >= 0.3 is 6.09 Å². The van der Waals surface area contributed by atoms with Gasteiger partial charge in [0, 0.05) is 50.2 Å². The van der Waals surface area contributed by atoms with E-state index in [0.717, 1.165) is 57.7 Å². The van der Waals surface area contributed by atoms with Gasteiger partial charge in [-0.3, -0.25) is 4.79 Å². The number of ether oxygens (including phenoxy) is 1. The second-order valence-electron chi connectivity index (χ2n) is 8.87. The summed E-state index contributed by atoms with van der Waals surface area (Å²) in [6, 6.07) is 4.15. The third-order valence-corrected chi connectivity index (χ3v) is 7.08. The van der Waals surface area contributed by atoms with E-state index in [2.05, 4.69) is 4.90 Å². The Hall–Kier alpha value is -2.22. The van der Waals surface area contributed by atoms with Gasteiger partial charge in [0.05, 0.1) is 12.3 Å². The van der Waals surface area contributed by atoms with E-state index in [1.54, 1.807) is 0 Å². The number of likely N-dealkylation sites (tertiary alicyclic amines) is 1. The number of fused-ring (bicyclic) bond motifs is 2. The van der Waals surface area contributed by atoms with Crippen LogP contribution in [0.4, 0.5) is 19.3 Å². The lowest BCUT2D eigenvalue weighted by atomic mass is 9.93. The Labute approximate surface area is 182 Å². The number of anilines is 1. The molecule has 0 N–H and O–H groups in total. The number of carbonyl (C=O) groups excluding carboxylic acids is 2. The van der Waals surface area contributed by atoms with E-state index in [4.69, 9.17) is 4.74 Å². The van der Waals surface area contributed by atoms with Crippen molar-refractivity contribution >= 4 is 17.7 Å². The Kier molecular flexibility index (Phi) is 6.46. The maximum Gasteiger partial charge on any atom is 0.410 e. The van der Waals surface area contributed by atoms with E-state index in [9.17, 15) is 18.4 Å². The number of amides is 2. The first-order chi connectivity index (χ1) is 14.9. The molecular weight excluding hydrogens is 404 g/mol. The van der Waals surface area contributed by atoms with E-state index < -0.39 is 11.6 Å². The van der Waals surface area contributed by atoms with Crippen LogP contribution in [0.1, 0.15) is 52.4 Å². The minimum atomic E-state index is -0.708. The van der Waals surface area contributed by atoms with Crippen LogP contribution in [0.25, 0.3) is 0 Å². The summed E-state index contributed by atoms with van der Waals surface area (Å²) < 4.78 is 32.9. The highest BCUT2D eigenvalue weighted by molar-refractivity contribution is 5.92. The minimum Gasteiger partial charge on any atom is -0.450 e. The molecule has 6 nitrogen and oxygen atoms in total. The zero-order chi connectivity index (χ0) is 22.1. The Morgan fingerprint density at radius 2 is 1.71 bits per heavy atom. The van der Waals surface area contributed by atoms with Crippen LogP contribution < -0.4 is 4.90 Å². The molecule has 0 aliphatic carbocycles. The third-order valence-electron chi connectivity index (χ3n) is 7.08. The summed E-state index contributed by atoms with van der Waals surface area (Å²) in [5.41, 5.74) is 0.146. The van der Waals surface area contributed by atoms with Crippen LogP contribution in [0.2, 0.25) is 0 Å². The van der Waals surface area contributed by atoms with Gasteiger partial charge in [0.25, 0.3) is 0 Å². The van der Waals surface area contributed by atoms with Crippen molar-refractivity contribution in [3.05, 3.63) is 29.8 Å². The van der Waals surface area contributed by atoms with Gasteiger partial charge in [-0.1, -0.05) is 0 Å². The van der Waals surface area contributed by atoms with Gasteiger partial charge in [0.2, 0.25) is 5.91 Å².